The van der Waals surface area contributed by atoms with E-state index in [-0.39, 0.29) is 23.8 Å². The zero-order chi connectivity index (χ0) is 10.8. The maximum atomic E-state index is 12.0. The lowest BCUT2D eigenvalue weighted by Crippen LogP contribution is -2.59. The highest BCUT2D eigenvalue weighted by Crippen LogP contribution is 2.22. The predicted molar refractivity (Wildman–Crippen MR) is 54.9 cm³/mol. The second kappa shape index (κ2) is 4.18. The smallest absolute Gasteiger partial charge is 0.240 e. The minimum Gasteiger partial charge on any atom is -0.368 e. The topological polar surface area (TPSA) is 75.4 Å². The zero-order valence-corrected chi connectivity index (χ0v) is 8.74. The summed E-state index contributed by atoms with van der Waals surface area (Å²) in [6.07, 6.45) is 2.68. The van der Waals surface area contributed by atoms with Crippen molar-refractivity contribution in [1.82, 2.24) is 10.2 Å². The van der Waals surface area contributed by atoms with Gasteiger partial charge < -0.3 is 16.0 Å². The van der Waals surface area contributed by atoms with Crippen molar-refractivity contribution in [2.45, 2.75) is 25.3 Å². The highest BCUT2D eigenvalue weighted by molar-refractivity contribution is 5.89. The van der Waals surface area contributed by atoms with Crippen LogP contribution in [0.25, 0.3) is 0 Å². The molecule has 84 valence electrons. The van der Waals surface area contributed by atoms with Crippen molar-refractivity contribution in [2.75, 3.05) is 19.6 Å². The van der Waals surface area contributed by atoms with E-state index in [0.717, 1.165) is 32.4 Å². The molecule has 2 aliphatic heterocycles. The monoisotopic (exact) mass is 211 g/mol. The Hall–Kier alpha value is -1.10. The molecule has 2 atom stereocenters. The van der Waals surface area contributed by atoms with Gasteiger partial charge in [0, 0.05) is 13.1 Å². The second-order valence-electron chi connectivity index (χ2n) is 4.28. The van der Waals surface area contributed by atoms with Crippen molar-refractivity contribution in [2.24, 2.45) is 11.7 Å². The predicted octanol–water partition coefficient (Wildman–Crippen LogP) is -0.928. The first-order valence-corrected chi connectivity index (χ1v) is 5.50. The van der Waals surface area contributed by atoms with Crippen molar-refractivity contribution in [3.8, 4) is 0 Å². The Balaban J connectivity index is 1.92. The van der Waals surface area contributed by atoms with E-state index in [2.05, 4.69) is 5.32 Å². The average Bonchev–Trinajstić information content (AvgIpc) is 2.16. The van der Waals surface area contributed by atoms with E-state index in [4.69, 9.17) is 5.73 Å². The number of piperidine rings is 1. The molecule has 0 aromatic rings. The number of rotatable bonds is 2. The normalized spacial score (nSPS) is 30.8. The molecule has 5 heteroatoms. The maximum Gasteiger partial charge on any atom is 0.240 e. The molecule has 0 bridgehead atoms. The van der Waals surface area contributed by atoms with Gasteiger partial charge in [0.1, 0.15) is 6.04 Å². The first kappa shape index (κ1) is 10.4. The molecule has 0 saturated carbocycles. The lowest BCUT2D eigenvalue weighted by Gasteiger charge is -2.41. The second-order valence-corrected chi connectivity index (χ2v) is 4.28. The number of hydrogen-bond donors (Lipinski definition) is 2. The number of nitrogens with one attached hydrogen (secondary N) is 1. The van der Waals surface area contributed by atoms with Crippen LogP contribution < -0.4 is 11.1 Å². The van der Waals surface area contributed by atoms with Gasteiger partial charge >= 0.3 is 0 Å². The standard InChI is InChI=1S/C10H17N3O2/c11-9(14)8-3-5-13(8)10(15)7-2-1-4-12-6-7/h7-8,12H,1-6H2,(H2,11,14)/t7-,8?/m0/s1. The number of nitrogens with zero attached hydrogens (tertiary/aromatic N) is 1. The molecular formula is C10H17N3O2. The molecule has 0 aromatic heterocycles. The van der Waals surface area contributed by atoms with E-state index in [9.17, 15) is 9.59 Å². The Bertz CT molecular complexity index is 274. The fraction of sp³-hybridized carbons (Fsp3) is 0.800. The van der Waals surface area contributed by atoms with Crippen LogP contribution in [0.15, 0.2) is 0 Å². The Morgan fingerprint density at radius 1 is 1.33 bits per heavy atom. The number of nitrogens with two attached hydrogens (primary N) is 1. The number of amides is 2. The highest BCUT2D eigenvalue weighted by atomic mass is 16.2. The minimum atomic E-state index is -0.377. The summed E-state index contributed by atoms with van der Waals surface area (Å²) < 4.78 is 0. The summed E-state index contributed by atoms with van der Waals surface area (Å²) in [6, 6.07) is -0.348. The number of carbonyl (C=O) groups is 2. The van der Waals surface area contributed by atoms with Gasteiger partial charge in [-0.2, -0.15) is 0 Å². The van der Waals surface area contributed by atoms with E-state index in [1.807, 2.05) is 0 Å². The highest BCUT2D eigenvalue weighted by Gasteiger charge is 2.39. The number of likely N-dealkylation sites (tertiary alicyclic amines) is 1. The third-order valence-electron chi connectivity index (χ3n) is 3.28. The Kier molecular flexibility index (Phi) is 2.90. The lowest BCUT2D eigenvalue weighted by molar-refractivity contribution is -0.149. The van der Waals surface area contributed by atoms with Gasteiger partial charge in [-0.25, -0.2) is 0 Å². The van der Waals surface area contributed by atoms with Crippen molar-refractivity contribution in [3.05, 3.63) is 0 Å². The van der Waals surface area contributed by atoms with Gasteiger partial charge in [-0.15, -0.1) is 0 Å². The molecule has 2 saturated heterocycles. The van der Waals surface area contributed by atoms with Crippen LogP contribution in [0.5, 0.6) is 0 Å². The fourth-order valence-corrected chi connectivity index (χ4v) is 2.24. The molecule has 3 N–H and O–H groups in total. The molecule has 2 fully saturated rings. The molecule has 0 aliphatic carbocycles. The summed E-state index contributed by atoms with van der Waals surface area (Å²) in [5.41, 5.74) is 5.21. The number of primary amides is 1. The largest absolute Gasteiger partial charge is 0.368 e. The average molecular weight is 211 g/mol. The Labute approximate surface area is 89.0 Å². The fourth-order valence-electron chi connectivity index (χ4n) is 2.24. The van der Waals surface area contributed by atoms with Gasteiger partial charge in [-0.3, -0.25) is 9.59 Å². The van der Waals surface area contributed by atoms with Gasteiger partial charge in [0.15, 0.2) is 0 Å². The van der Waals surface area contributed by atoms with Gasteiger partial charge in [-0.05, 0) is 25.8 Å². The van der Waals surface area contributed by atoms with Crippen LogP contribution >= 0.6 is 0 Å². The van der Waals surface area contributed by atoms with E-state index >= 15 is 0 Å². The van der Waals surface area contributed by atoms with Gasteiger partial charge in [0.2, 0.25) is 11.8 Å². The number of carbonyl (C=O) groups excluding carboxylic acids is 2. The van der Waals surface area contributed by atoms with Gasteiger partial charge in [0.25, 0.3) is 0 Å². The number of hydrogen-bond acceptors (Lipinski definition) is 3. The Morgan fingerprint density at radius 2 is 2.13 bits per heavy atom. The van der Waals surface area contributed by atoms with Crippen LogP contribution in [-0.2, 0) is 9.59 Å². The van der Waals surface area contributed by atoms with Crippen LogP contribution in [-0.4, -0.2) is 42.4 Å². The summed E-state index contributed by atoms with van der Waals surface area (Å²) in [7, 11) is 0. The molecule has 0 radical (unpaired) electrons. The van der Waals surface area contributed by atoms with Crippen molar-refractivity contribution >= 4 is 11.8 Å². The minimum absolute atomic E-state index is 0.0425. The zero-order valence-electron chi connectivity index (χ0n) is 8.74. The van der Waals surface area contributed by atoms with Gasteiger partial charge in [-0.1, -0.05) is 0 Å². The third kappa shape index (κ3) is 1.97. The third-order valence-corrected chi connectivity index (χ3v) is 3.28. The van der Waals surface area contributed by atoms with Crippen molar-refractivity contribution in [1.29, 1.82) is 0 Å². The maximum absolute atomic E-state index is 12.0. The molecule has 2 aliphatic rings. The van der Waals surface area contributed by atoms with Crippen molar-refractivity contribution < 1.29 is 9.59 Å². The van der Waals surface area contributed by atoms with Crippen LogP contribution in [0.4, 0.5) is 0 Å². The van der Waals surface area contributed by atoms with Gasteiger partial charge in [0.05, 0.1) is 5.92 Å². The van der Waals surface area contributed by atoms with E-state index in [1.54, 1.807) is 4.90 Å². The summed E-state index contributed by atoms with van der Waals surface area (Å²) in [4.78, 5) is 24.6. The van der Waals surface area contributed by atoms with Crippen LogP contribution in [0.1, 0.15) is 19.3 Å². The molecule has 1 unspecified atom stereocenters. The molecule has 15 heavy (non-hydrogen) atoms. The quantitative estimate of drug-likeness (QED) is 0.620. The SMILES string of the molecule is NC(=O)C1CCN1C(=O)[C@H]1CCCNC1. The first-order chi connectivity index (χ1) is 7.20. The molecule has 2 rings (SSSR count). The molecular weight excluding hydrogens is 194 g/mol. The van der Waals surface area contributed by atoms with Crippen LogP contribution in [0.3, 0.4) is 0 Å². The summed E-state index contributed by atoms with van der Waals surface area (Å²) in [6.45, 7) is 2.41. The van der Waals surface area contributed by atoms with Crippen molar-refractivity contribution in [3.63, 3.8) is 0 Å². The van der Waals surface area contributed by atoms with E-state index in [1.165, 1.54) is 0 Å². The van der Waals surface area contributed by atoms with E-state index in [0.29, 0.717) is 6.54 Å². The summed E-state index contributed by atoms with van der Waals surface area (Å²) in [5, 5.41) is 3.20. The lowest BCUT2D eigenvalue weighted by atomic mass is 9.93. The molecule has 0 spiro atoms. The molecule has 5 nitrogen and oxygen atoms in total. The Morgan fingerprint density at radius 3 is 2.60 bits per heavy atom. The summed E-state index contributed by atoms with van der Waals surface area (Å²) in [5.74, 6) is -0.239. The van der Waals surface area contributed by atoms with E-state index < -0.39 is 0 Å². The van der Waals surface area contributed by atoms with Crippen LogP contribution in [0, 0.1) is 5.92 Å². The van der Waals surface area contributed by atoms with Crippen LogP contribution in [0.2, 0.25) is 0 Å². The molecule has 2 heterocycles. The first-order valence-electron chi connectivity index (χ1n) is 5.50. The molecule has 2 amide bonds. The summed E-state index contributed by atoms with van der Waals surface area (Å²) >= 11 is 0. The molecule has 0 aromatic carbocycles.